The summed E-state index contributed by atoms with van der Waals surface area (Å²) in [7, 11) is 0. The second kappa shape index (κ2) is 12.4. The van der Waals surface area contributed by atoms with Gasteiger partial charge in [-0.05, 0) is 68.7 Å². The molecular weight excluding hydrogens is 484 g/mol. The van der Waals surface area contributed by atoms with Gasteiger partial charge in [0.15, 0.2) is 0 Å². The molecule has 0 saturated carbocycles. The molecule has 0 aliphatic heterocycles. The van der Waals surface area contributed by atoms with Crippen LogP contribution in [0.4, 0.5) is 5.82 Å². The number of carbonyl (C=O) groups excluding carboxylic acids is 2. The van der Waals surface area contributed by atoms with Gasteiger partial charge in [0.25, 0.3) is 5.91 Å². The van der Waals surface area contributed by atoms with Crippen LogP contribution in [0, 0.1) is 0 Å². The minimum Gasteiger partial charge on any atom is -0.327 e. The largest absolute Gasteiger partial charge is 0.327 e. The number of halogens is 1. The Kier molecular flexibility index (Phi) is 9.55. The maximum Gasteiger partial charge on any atom is 0.254 e. The quantitative estimate of drug-likeness (QED) is 0.290. The molecule has 2 amide bonds. The number of anilines is 1. The van der Waals surface area contributed by atoms with Crippen LogP contribution < -0.4 is 5.32 Å². The van der Waals surface area contributed by atoms with Gasteiger partial charge in [0.05, 0.1) is 11.4 Å². The summed E-state index contributed by atoms with van der Waals surface area (Å²) in [4.78, 5) is 28.1. The molecule has 37 heavy (non-hydrogen) atoms. The number of nitrogens with one attached hydrogen (secondary N) is 1. The van der Waals surface area contributed by atoms with Crippen molar-refractivity contribution in [2.75, 3.05) is 11.9 Å². The summed E-state index contributed by atoms with van der Waals surface area (Å²) in [5.41, 5.74) is 3.23. The third-order valence-electron chi connectivity index (χ3n) is 6.28. The van der Waals surface area contributed by atoms with E-state index in [0.29, 0.717) is 16.4 Å². The molecule has 3 aromatic rings. The van der Waals surface area contributed by atoms with Crippen molar-refractivity contribution >= 4 is 29.2 Å². The van der Waals surface area contributed by atoms with Gasteiger partial charge in [-0.2, -0.15) is 5.10 Å². The van der Waals surface area contributed by atoms with Crippen molar-refractivity contribution in [2.45, 2.75) is 78.7 Å². The Morgan fingerprint density at radius 1 is 1.03 bits per heavy atom. The molecule has 1 heterocycles. The number of aromatic nitrogens is 2. The topological polar surface area (TPSA) is 67.2 Å². The zero-order chi connectivity index (χ0) is 27.2. The van der Waals surface area contributed by atoms with Gasteiger partial charge in [-0.1, -0.05) is 64.3 Å². The van der Waals surface area contributed by atoms with E-state index in [4.69, 9.17) is 16.7 Å². The van der Waals surface area contributed by atoms with E-state index in [1.165, 1.54) is 18.4 Å². The predicted octanol–water partition coefficient (Wildman–Crippen LogP) is 7.05. The average molecular weight is 523 g/mol. The number of unbranched alkanes of at least 4 members (excludes halogenated alkanes) is 2. The van der Waals surface area contributed by atoms with Crippen molar-refractivity contribution in [1.82, 2.24) is 14.7 Å². The lowest BCUT2D eigenvalue weighted by Crippen LogP contribution is -2.42. The van der Waals surface area contributed by atoms with Crippen LogP contribution in [-0.2, 0) is 16.6 Å². The molecule has 0 radical (unpaired) electrons. The number of hydrogen-bond donors (Lipinski definition) is 1. The van der Waals surface area contributed by atoms with Crippen molar-refractivity contribution in [2.24, 2.45) is 0 Å². The monoisotopic (exact) mass is 522 g/mol. The number of carbonyl (C=O) groups is 2. The van der Waals surface area contributed by atoms with Crippen LogP contribution in [0.1, 0.15) is 82.4 Å². The highest BCUT2D eigenvalue weighted by molar-refractivity contribution is 6.30. The fourth-order valence-corrected chi connectivity index (χ4v) is 4.13. The third kappa shape index (κ3) is 7.68. The Bertz CT molecular complexity index is 1190. The second-order valence-electron chi connectivity index (χ2n) is 10.8. The zero-order valence-electron chi connectivity index (χ0n) is 22.8. The van der Waals surface area contributed by atoms with Crippen LogP contribution >= 0.6 is 11.6 Å². The first-order valence-corrected chi connectivity index (χ1v) is 13.4. The van der Waals surface area contributed by atoms with Crippen LogP contribution in [0.2, 0.25) is 5.02 Å². The molecule has 0 spiro atoms. The van der Waals surface area contributed by atoms with E-state index in [9.17, 15) is 9.59 Å². The Labute approximate surface area is 226 Å². The van der Waals surface area contributed by atoms with Crippen molar-refractivity contribution < 1.29 is 9.59 Å². The van der Waals surface area contributed by atoms with Gasteiger partial charge in [-0.25, -0.2) is 4.68 Å². The fraction of sp³-hybridized carbons (Fsp3) is 0.433. The van der Waals surface area contributed by atoms with Crippen LogP contribution in [0.15, 0.2) is 54.6 Å². The van der Waals surface area contributed by atoms with Crippen molar-refractivity contribution in [3.8, 4) is 5.69 Å². The molecule has 1 N–H and O–H groups in total. The number of amides is 2. The predicted molar refractivity (Wildman–Crippen MR) is 152 cm³/mol. The second-order valence-corrected chi connectivity index (χ2v) is 11.2. The van der Waals surface area contributed by atoms with E-state index in [0.717, 1.165) is 24.2 Å². The summed E-state index contributed by atoms with van der Waals surface area (Å²) in [5, 5.41) is 8.35. The summed E-state index contributed by atoms with van der Waals surface area (Å²) in [6.45, 7) is 12.2. The lowest BCUT2D eigenvalue weighted by molar-refractivity contribution is -0.117. The summed E-state index contributed by atoms with van der Waals surface area (Å²) in [6.07, 6.45) is 4.53. The van der Waals surface area contributed by atoms with Crippen molar-refractivity contribution in [1.29, 1.82) is 0 Å². The van der Waals surface area contributed by atoms with Gasteiger partial charge >= 0.3 is 0 Å². The van der Waals surface area contributed by atoms with Crippen LogP contribution in [0.5, 0.6) is 0 Å². The highest BCUT2D eigenvalue weighted by Gasteiger charge is 2.25. The number of hydrogen-bond acceptors (Lipinski definition) is 3. The first-order valence-electron chi connectivity index (χ1n) is 13.1. The van der Waals surface area contributed by atoms with Gasteiger partial charge in [-0.3, -0.25) is 9.59 Å². The zero-order valence-corrected chi connectivity index (χ0v) is 23.6. The minimum atomic E-state index is -0.284. The number of nitrogens with zero attached hydrogens (tertiary/aromatic N) is 3. The summed E-state index contributed by atoms with van der Waals surface area (Å²) < 4.78 is 1.70. The van der Waals surface area contributed by atoms with Gasteiger partial charge in [0, 0.05) is 28.1 Å². The van der Waals surface area contributed by atoms with Gasteiger partial charge < -0.3 is 10.2 Å². The average Bonchev–Trinajstić information content (AvgIpc) is 3.27. The fourth-order valence-electron chi connectivity index (χ4n) is 4.00. The lowest BCUT2D eigenvalue weighted by atomic mass is 9.92. The Hall–Kier alpha value is -3.12. The molecule has 0 aliphatic rings. The van der Waals surface area contributed by atoms with Crippen LogP contribution in [0.25, 0.3) is 5.69 Å². The Morgan fingerprint density at radius 2 is 1.68 bits per heavy atom. The van der Waals surface area contributed by atoms with E-state index in [2.05, 4.69) is 33.0 Å². The molecule has 6 nitrogen and oxygen atoms in total. The summed E-state index contributed by atoms with van der Waals surface area (Å²) in [5.74, 6) is 0.102. The molecule has 0 fully saturated rings. The van der Waals surface area contributed by atoms with E-state index < -0.39 is 0 Å². The molecule has 0 unspecified atom stereocenters. The van der Waals surface area contributed by atoms with Crippen molar-refractivity contribution in [3.05, 3.63) is 76.4 Å². The summed E-state index contributed by atoms with van der Waals surface area (Å²) in [6, 6.07) is 16.8. The van der Waals surface area contributed by atoms with E-state index in [-0.39, 0.29) is 29.8 Å². The molecule has 3 rings (SSSR count). The first-order chi connectivity index (χ1) is 17.5. The molecule has 198 valence electrons. The Morgan fingerprint density at radius 3 is 2.24 bits per heavy atom. The third-order valence-corrected chi connectivity index (χ3v) is 6.54. The first kappa shape index (κ1) is 28.5. The highest BCUT2D eigenvalue weighted by Crippen LogP contribution is 2.27. The lowest BCUT2D eigenvalue weighted by Gasteiger charge is -2.26. The molecule has 7 heteroatoms. The normalized spacial score (nSPS) is 11.6. The number of aryl methyl sites for hydroxylation is 1. The number of rotatable bonds is 10. The maximum absolute atomic E-state index is 13.3. The molecule has 2 aromatic carbocycles. The van der Waals surface area contributed by atoms with Gasteiger partial charge in [0.2, 0.25) is 5.91 Å². The van der Waals surface area contributed by atoms with Gasteiger partial charge in [-0.15, -0.1) is 0 Å². The van der Waals surface area contributed by atoms with Gasteiger partial charge in [0.1, 0.15) is 12.4 Å². The van der Waals surface area contributed by atoms with E-state index in [1.807, 2.05) is 56.3 Å². The Balaban J connectivity index is 1.77. The smallest absolute Gasteiger partial charge is 0.254 e. The standard InChI is InChI=1S/C30H39ClN4O2/c1-7-8-9-10-22-11-13-23(14-12-22)29(37)34(21(2)3)20-28(36)32-27-19-26(30(4,5)6)33-35(27)25-17-15-24(31)16-18-25/h11-19,21H,7-10,20H2,1-6H3,(H,32,36). The van der Waals surface area contributed by atoms with Crippen molar-refractivity contribution in [3.63, 3.8) is 0 Å². The number of benzene rings is 2. The van der Waals surface area contributed by atoms with E-state index in [1.54, 1.807) is 21.7 Å². The highest BCUT2D eigenvalue weighted by atomic mass is 35.5. The molecule has 0 atom stereocenters. The molecule has 0 aliphatic carbocycles. The van der Waals surface area contributed by atoms with Crippen LogP contribution in [0.3, 0.4) is 0 Å². The SMILES string of the molecule is CCCCCc1ccc(C(=O)N(CC(=O)Nc2cc(C(C)(C)C)nn2-c2ccc(Cl)cc2)C(C)C)cc1. The molecule has 0 bridgehead atoms. The summed E-state index contributed by atoms with van der Waals surface area (Å²) >= 11 is 6.07. The van der Waals surface area contributed by atoms with E-state index >= 15 is 0 Å². The van der Waals surface area contributed by atoms with Crippen LogP contribution in [-0.4, -0.2) is 39.1 Å². The molecular formula is C30H39ClN4O2. The molecule has 1 aromatic heterocycles. The minimum absolute atomic E-state index is 0.0641. The molecule has 0 saturated heterocycles. The maximum atomic E-state index is 13.3.